The van der Waals surface area contributed by atoms with E-state index in [-0.39, 0.29) is 5.75 Å². The van der Waals surface area contributed by atoms with Crippen LogP contribution in [0.4, 0.5) is 0 Å². The number of aryl methyl sites for hydroxylation is 2. The fraction of sp³-hybridized carbons (Fsp3) is 0.235. The average Bonchev–Trinajstić information content (AvgIpc) is 3.03. The molecule has 3 aromatic rings. The molecule has 0 N–H and O–H groups in total. The van der Waals surface area contributed by atoms with Crippen molar-refractivity contribution in [3.8, 4) is 5.69 Å². The minimum Gasteiger partial charge on any atom is -0.224 e. The van der Waals surface area contributed by atoms with Crippen molar-refractivity contribution in [2.75, 3.05) is 11.5 Å². The first kappa shape index (κ1) is 19.1. The first-order chi connectivity index (χ1) is 12.4. The lowest BCUT2D eigenvalue weighted by Gasteiger charge is -2.10. The van der Waals surface area contributed by atoms with Crippen molar-refractivity contribution >= 4 is 37.5 Å². The van der Waals surface area contributed by atoms with Gasteiger partial charge in [-0.1, -0.05) is 45.9 Å². The van der Waals surface area contributed by atoms with Crippen molar-refractivity contribution in [3.63, 3.8) is 0 Å². The Labute approximate surface area is 165 Å². The summed E-state index contributed by atoms with van der Waals surface area (Å²) in [4.78, 5) is 0.315. The summed E-state index contributed by atoms with van der Waals surface area (Å²) in [6.07, 6.45) is 0. The Morgan fingerprint density at radius 1 is 1.08 bits per heavy atom. The number of thioether (sulfide) groups is 1. The van der Waals surface area contributed by atoms with Crippen molar-refractivity contribution < 1.29 is 8.42 Å². The highest BCUT2D eigenvalue weighted by atomic mass is 79.9. The molecule has 26 heavy (non-hydrogen) atoms. The third-order valence-electron chi connectivity index (χ3n) is 3.85. The number of para-hydroxylation sites is 1. The summed E-state index contributed by atoms with van der Waals surface area (Å²) >= 11 is 4.64. The van der Waals surface area contributed by atoms with Gasteiger partial charge in [0.2, 0.25) is 5.16 Å². The Bertz CT molecular complexity index is 997. The molecular weight excluding hydrogens is 436 g/mol. The van der Waals surface area contributed by atoms with Gasteiger partial charge in [0, 0.05) is 10.2 Å². The maximum Gasteiger partial charge on any atom is 0.214 e. The van der Waals surface area contributed by atoms with Crippen molar-refractivity contribution in [2.45, 2.75) is 23.9 Å². The summed E-state index contributed by atoms with van der Waals surface area (Å²) in [7, 11) is -3.34. The number of halogens is 1. The van der Waals surface area contributed by atoms with E-state index in [1.54, 1.807) is 28.9 Å². The van der Waals surface area contributed by atoms with E-state index in [0.29, 0.717) is 15.8 Å². The van der Waals surface area contributed by atoms with Gasteiger partial charge in [0.25, 0.3) is 0 Å². The van der Waals surface area contributed by atoms with Crippen LogP contribution in [0.2, 0.25) is 0 Å². The van der Waals surface area contributed by atoms with Gasteiger partial charge in [-0.15, -0.1) is 5.10 Å². The predicted octanol–water partition coefficient (Wildman–Crippen LogP) is 3.61. The Hall–Kier alpha value is -1.71. The van der Waals surface area contributed by atoms with Gasteiger partial charge in [0.1, 0.15) is 0 Å². The van der Waals surface area contributed by atoms with Crippen molar-refractivity contribution in [3.05, 3.63) is 58.1 Å². The Morgan fingerprint density at radius 3 is 2.38 bits per heavy atom. The van der Waals surface area contributed by atoms with Gasteiger partial charge >= 0.3 is 0 Å². The van der Waals surface area contributed by atoms with E-state index in [9.17, 15) is 8.42 Å². The lowest BCUT2D eigenvalue weighted by molar-refractivity contribution is 0.597. The maximum atomic E-state index is 12.4. The first-order valence-corrected chi connectivity index (χ1v) is 11.3. The number of sulfone groups is 1. The topological polar surface area (TPSA) is 77.7 Å². The summed E-state index contributed by atoms with van der Waals surface area (Å²) in [5, 5.41) is 12.4. The SMILES string of the molecule is Cc1cccc(C)c1-n1nnnc1SCCS(=O)(=O)c1ccc(Br)cc1. The standard InChI is InChI=1S/C17H17BrN4O2S2/c1-12-4-3-5-13(2)16(12)22-17(19-20-21-22)25-10-11-26(23,24)15-8-6-14(18)7-9-15/h3-9H,10-11H2,1-2H3. The van der Waals surface area contributed by atoms with E-state index in [0.717, 1.165) is 21.3 Å². The molecule has 0 spiro atoms. The lowest BCUT2D eigenvalue weighted by atomic mass is 10.1. The molecule has 6 nitrogen and oxygen atoms in total. The Balaban J connectivity index is 1.74. The highest BCUT2D eigenvalue weighted by molar-refractivity contribution is 9.10. The average molecular weight is 453 g/mol. The van der Waals surface area contributed by atoms with Crippen LogP contribution in [0.15, 0.2) is 57.0 Å². The molecule has 136 valence electrons. The van der Waals surface area contributed by atoms with Crippen LogP contribution in [0.3, 0.4) is 0 Å². The number of tetrazole rings is 1. The van der Waals surface area contributed by atoms with Crippen molar-refractivity contribution in [1.29, 1.82) is 0 Å². The molecule has 0 atom stereocenters. The van der Waals surface area contributed by atoms with Gasteiger partial charge in [-0.05, 0) is 59.7 Å². The van der Waals surface area contributed by atoms with Crippen LogP contribution < -0.4 is 0 Å². The van der Waals surface area contributed by atoms with Crippen molar-refractivity contribution in [1.82, 2.24) is 20.2 Å². The third kappa shape index (κ3) is 4.16. The molecule has 0 aliphatic rings. The fourth-order valence-corrected chi connectivity index (χ4v) is 5.34. The number of rotatable bonds is 6. The lowest BCUT2D eigenvalue weighted by Crippen LogP contribution is -2.10. The molecule has 1 aromatic heterocycles. The molecule has 0 bridgehead atoms. The Kier molecular flexibility index (Phi) is 5.79. The molecule has 2 aromatic carbocycles. The predicted molar refractivity (Wildman–Crippen MR) is 106 cm³/mol. The first-order valence-electron chi connectivity index (χ1n) is 7.84. The molecule has 0 radical (unpaired) electrons. The van der Waals surface area contributed by atoms with Crippen molar-refractivity contribution in [2.24, 2.45) is 0 Å². The van der Waals surface area contributed by atoms with E-state index < -0.39 is 9.84 Å². The molecule has 0 aliphatic heterocycles. The third-order valence-corrected chi connectivity index (χ3v) is 7.29. The van der Waals surface area contributed by atoms with Gasteiger partial charge in [0.05, 0.1) is 16.3 Å². The molecule has 0 amide bonds. The zero-order chi connectivity index (χ0) is 18.7. The summed E-state index contributed by atoms with van der Waals surface area (Å²) in [6, 6.07) is 12.6. The Morgan fingerprint density at radius 2 is 1.73 bits per heavy atom. The summed E-state index contributed by atoms with van der Waals surface area (Å²) in [6.45, 7) is 3.99. The normalized spacial score (nSPS) is 11.7. The fourth-order valence-electron chi connectivity index (χ4n) is 2.55. The highest BCUT2D eigenvalue weighted by Gasteiger charge is 2.17. The van der Waals surface area contributed by atoms with Crippen LogP contribution in [-0.2, 0) is 9.84 Å². The van der Waals surface area contributed by atoms with Crippen LogP contribution >= 0.6 is 27.7 Å². The molecule has 1 heterocycles. The summed E-state index contributed by atoms with van der Waals surface area (Å²) < 4.78 is 27.4. The second kappa shape index (κ2) is 7.89. The maximum absolute atomic E-state index is 12.4. The molecule has 0 saturated carbocycles. The van der Waals surface area contributed by atoms with Gasteiger partial charge in [-0.3, -0.25) is 0 Å². The van der Waals surface area contributed by atoms with Crippen LogP contribution in [0.1, 0.15) is 11.1 Å². The molecule has 0 aliphatic carbocycles. The summed E-state index contributed by atoms with van der Waals surface area (Å²) in [5.74, 6) is 0.378. The number of aromatic nitrogens is 4. The smallest absolute Gasteiger partial charge is 0.214 e. The van der Waals surface area contributed by atoms with E-state index in [4.69, 9.17) is 0 Å². The van der Waals surface area contributed by atoms with E-state index in [1.165, 1.54) is 11.8 Å². The molecule has 0 unspecified atom stereocenters. The van der Waals surface area contributed by atoms with E-state index in [2.05, 4.69) is 31.5 Å². The van der Waals surface area contributed by atoms with Crippen LogP contribution in [0.25, 0.3) is 5.69 Å². The number of hydrogen-bond acceptors (Lipinski definition) is 6. The minimum absolute atomic E-state index is 0.0128. The minimum atomic E-state index is -3.34. The van der Waals surface area contributed by atoms with Crippen LogP contribution in [0.5, 0.6) is 0 Å². The monoisotopic (exact) mass is 452 g/mol. The second-order valence-electron chi connectivity index (χ2n) is 5.73. The zero-order valence-corrected chi connectivity index (χ0v) is 17.5. The van der Waals surface area contributed by atoms with Crippen LogP contribution in [-0.4, -0.2) is 40.1 Å². The quantitative estimate of drug-likeness (QED) is 0.531. The van der Waals surface area contributed by atoms with E-state index >= 15 is 0 Å². The second-order valence-corrected chi connectivity index (χ2v) is 9.82. The largest absolute Gasteiger partial charge is 0.224 e. The molecule has 0 fully saturated rings. The van der Waals surface area contributed by atoms with E-state index in [1.807, 2.05) is 32.0 Å². The number of benzene rings is 2. The zero-order valence-electron chi connectivity index (χ0n) is 14.3. The van der Waals surface area contributed by atoms with Gasteiger partial charge in [-0.25, -0.2) is 8.42 Å². The van der Waals surface area contributed by atoms with Gasteiger partial charge in [0.15, 0.2) is 9.84 Å². The molecular formula is C17H17BrN4O2S2. The molecule has 9 heteroatoms. The molecule has 0 saturated heterocycles. The van der Waals surface area contributed by atoms with Gasteiger partial charge < -0.3 is 0 Å². The molecule has 3 rings (SSSR count). The number of hydrogen-bond donors (Lipinski definition) is 0. The highest BCUT2D eigenvalue weighted by Crippen LogP contribution is 2.24. The number of nitrogens with zero attached hydrogens (tertiary/aromatic N) is 4. The van der Waals surface area contributed by atoms with Gasteiger partial charge in [-0.2, -0.15) is 4.68 Å². The van der Waals surface area contributed by atoms with Crippen LogP contribution in [0, 0.1) is 13.8 Å². The summed E-state index contributed by atoms with van der Waals surface area (Å²) in [5.41, 5.74) is 3.04.